The maximum atomic E-state index is 12.2. The van der Waals surface area contributed by atoms with E-state index in [4.69, 9.17) is 4.74 Å². The number of nitrogens with zero attached hydrogens (tertiary/aromatic N) is 1. The molecule has 128 valence electrons. The minimum absolute atomic E-state index is 0.126. The number of thioether (sulfide) groups is 1. The van der Waals surface area contributed by atoms with Crippen molar-refractivity contribution in [3.05, 3.63) is 61.6 Å². The Balaban J connectivity index is 1.84. The molecule has 0 atom stereocenters. The van der Waals surface area contributed by atoms with Crippen molar-refractivity contribution in [1.29, 1.82) is 0 Å². The van der Waals surface area contributed by atoms with Gasteiger partial charge in [-0.05, 0) is 95.2 Å². The molecule has 0 unspecified atom stereocenters. The lowest BCUT2D eigenvalue weighted by Gasteiger charge is -2.03. The molecule has 2 aromatic rings. The number of aryl methyl sites for hydroxylation is 2. The minimum atomic E-state index is -0.126. The fourth-order valence-corrected chi connectivity index (χ4v) is 4.14. The van der Waals surface area contributed by atoms with Crippen LogP contribution in [0, 0.1) is 17.4 Å². The summed E-state index contributed by atoms with van der Waals surface area (Å²) < 4.78 is 6.26. The summed E-state index contributed by atoms with van der Waals surface area (Å²) in [4.78, 5) is 17.4. The molecule has 0 aliphatic carbocycles. The van der Waals surface area contributed by atoms with Crippen LogP contribution in [0.5, 0.6) is 5.75 Å². The van der Waals surface area contributed by atoms with Gasteiger partial charge in [0.1, 0.15) is 5.75 Å². The molecule has 1 saturated heterocycles. The Kier molecular flexibility index (Phi) is 5.48. The van der Waals surface area contributed by atoms with Gasteiger partial charge in [0.25, 0.3) is 5.91 Å². The van der Waals surface area contributed by atoms with Gasteiger partial charge in [-0.15, -0.1) is 0 Å². The molecule has 0 spiro atoms. The van der Waals surface area contributed by atoms with Crippen molar-refractivity contribution in [2.24, 2.45) is 4.99 Å². The van der Waals surface area contributed by atoms with E-state index in [2.05, 4.69) is 39.0 Å². The van der Waals surface area contributed by atoms with Crippen molar-refractivity contribution in [3.8, 4) is 5.75 Å². The van der Waals surface area contributed by atoms with Crippen LogP contribution in [0.15, 0.2) is 46.3 Å². The average molecular weight is 464 g/mol. The summed E-state index contributed by atoms with van der Waals surface area (Å²) in [6.45, 7) is 4.07. The molecule has 1 N–H and O–H groups in total. The molecule has 0 aromatic heterocycles. The molecule has 1 aliphatic rings. The summed E-state index contributed by atoms with van der Waals surface area (Å²) in [6.07, 6.45) is 1.87. The van der Waals surface area contributed by atoms with Crippen LogP contribution in [-0.4, -0.2) is 18.2 Å². The number of amides is 1. The van der Waals surface area contributed by atoms with Crippen LogP contribution < -0.4 is 10.1 Å². The standard InChI is InChI=1S/C19H17IN2O2S/c1-11-6-12(2)8-14(7-11)21-19-22-18(23)17(25-19)10-13-4-5-16(24-3)15(20)9-13/h4-10H,1-3H3,(H,21,22,23)/b17-10-. The van der Waals surface area contributed by atoms with Crippen LogP contribution in [0.3, 0.4) is 0 Å². The maximum absolute atomic E-state index is 12.2. The fraction of sp³-hybridized carbons (Fsp3) is 0.158. The van der Waals surface area contributed by atoms with Gasteiger partial charge in [-0.2, -0.15) is 0 Å². The number of nitrogens with one attached hydrogen (secondary N) is 1. The molecule has 1 fully saturated rings. The molecule has 1 amide bonds. The van der Waals surface area contributed by atoms with Crippen molar-refractivity contribution in [2.45, 2.75) is 13.8 Å². The molecule has 0 bridgehead atoms. The monoisotopic (exact) mass is 464 g/mol. The number of rotatable bonds is 3. The number of hydrogen-bond acceptors (Lipinski definition) is 4. The molecule has 1 aliphatic heterocycles. The van der Waals surface area contributed by atoms with Gasteiger partial charge >= 0.3 is 0 Å². The van der Waals surface area contributed by atoms with E-state index in [9.17, 15) is 4.79 Å². The lowest BCUT2D eigenvalue weighted by atomic mass is 10.1. The second-order valence-electron chi connectivity index (χ2n) is 5.72. The average Bonchev–Trinajstić information content (AvgIpc) is 2.86. The zero-order valence-corrected chi connectivity index (χ0v) is 17.1. The Morgan fingerprint density at radius 2 is 1.88 bits per heavy atom. The second kappa shape index (κ2) is 7.61. The molecule has 3 rings (SSSR count). The highest BCUT2D eigenvalue weighted by molar-refractivity contribution is 14.1. The lowest BCUT2D eigenvalue weighted by molar-refractivity contribution is -0.115. The third kappa shape index (κ3) is 4.43. The highest BCUT2D eigenvalue weighted by atomic mass is 127. The number of hydrogen-bond donors (Lipinski definition) is 1. The molecule has 2 aromatic carbocycles. The number of carbonyl (C=O) groups is 1. The number of ether oxygens (including phenoxy) is 1. The van der Waals surface area contributed by atoms with Gasteiger partial charge in [-0.1, -0.05) is 12.1 Å². The molecule has 0 saturated carbocycles. The third-order valence-corrected chi connectivity index (χ3v) is 5.31. The Morgan fingerprint density at radius 1 is 1.16 bits per heavy atom. The van der Waals surface area contributed by atoms with E-state index < -0.39 is 0 Å². The first-order chi connectivity index (χ1) is 11.9. The van der Waals surface area contributed by atoms with Crippen LogP contribution in [0.1, 0.15) is 16.7 Å². The van der Waals surface area contributed by atoms with Gasteiger partial charge in [0.05, 0.1) is 21.3 Å². The number of amidine groups is 1. The largest absolute Gasteiger partial charge is 0.496 e. The molecule has 4 nitrogen and oxygen atoms in total. The van der Waals surface area contributed by atoms with Gasteiger partial charge in [0, 0.05) is 0 Å². The predicted octanol–water partition coefficient (Wildman–Crippen LogP) is 4.81. The highest BCUT2D eigenvalue weighted by Gasteiger charge is 2.23. The maximum Gasteiger partial charge on any atom is 0.264 e. The molecule has 6 heteroatoms. The minimum Gasteiger partial charge on any atom is -0.496 e. The van der Waals surface area contributed by atoms with E-state index in [1.165, 1.54) is 11.8 Å². The summed E-state index contributed by atoms with van der Waals surface area (Å²) in [5.41, 5.74) is 4.10. The van der Waals surface area contributed by atoms with E-state index >= 15 is 0 Å². The predicted molar refractivity (Wildman–Crippen MR) is 112 cm³/mol. The Hall–Kier alpha value is -1.80. The first-order valence-electron chi connectivity index (χ1n) is 7.66. The van der Waals surface area contributed by atoms with E-state index in [-0.39, 0.29) is 5.91 Å². The quantitative estimate of drug-likeness (QED) is 0.524. The normalized spacial score (nSPS) is 17.2. The summed E-state index contributed by atoms with van der Waals surface area (Å²) in [7, 11) is 1.64. The van der Waals surface area contributed by atoms with Gasteiger partial charge in [-0.25, -0.2) is 4.99 Å². The smallest absolute Gasteiger partial charge is 0.264 e. The number of methoxy groups -OCH3 is 1. The van der Waals surface area contributed by atoms with E-state index in [0.717, 1.165) is 31.7 Å². The zero-order valence-electron chi connectivity index (χ0n) is 14.1. The van der Waals surface area contributed by atoms with Crippen molar-refractivity contribution < 1.29 is 9.53 Å². The van der Waals surface area contributed by atoms with Gasteiger partial charge in [0.15, 0.2) is 5.17 Å². The fourth-order valence-electron chi connectivity index (χ4n) is 2.54. The van der Waals surface area contributed by atoms with Crippen LogP contribution in [0.4, 0.5) is 5.69 Å². The number of carbonyl (C=O) groups excluding carboxylic acids is 1. The summed E-state index contributed by atoms with van der Waals surface area (Å²) in [6, 6.07) is 11.9. The topological polar surface area (TPSA) is 50.7 Å². The molecule has 0 radical (unpaired) electrons. The van der Waals surface area contributed by atoms with Crippen LogP contribution in [0.25, 0.3) is 6.08 Å². The number of benzene rings is 2. The van der Waals surface area contributed by atoms with Crippen molar-refractivity contribution in [2.75, 3.05) is 7.11 Å². The first kappa shape index (κ1) is 18.0. The van der Waals surface area contributed by atoms with E-state index in [0.29, 0.717) is 10.1 Å². The first-order valence-corrected chi connectivity index (χ1v) is 9.55. The van der Waals surface area contributed by atoms with Crippen molar-refractivity contribution >= 4 is 57.2 Å². The van der Waals surface area contributed by atoms with Crippen LogP contribution in [0.2, 0.25) is 0 Å². The third-order valence-electron chi connectivity index (χ3n) is 3.56. The number of halogens is 1. The van der Waals surface area contributed by atoms with Crippen LogP contribution in [-0.2, 0) is 4.79 Å². The van der Waals surface area contributed by atoms with Gasteiger partial charge in [0.2, 0.25) is 0 Å². The zero-order chi connectivity index (χ0) is 18.0. The van der Waals surface area contributed by atoms with Crippen molar-refractivity contribution in [1.82, 2.24) is 5.32 Å². The highest BCUT2D eigenvalue weighted by Crippen LogP contribution is 2.30. The van der Waals surface area contributed by atoms with E-state index in [1.54, 1.807) is 7.11 Å². The molecular weight excluding hydrogens is 447 g/mol. The van der Waals surface area contributed by atoms with Gasteiger partial charge in [-0.3, -0.25) is 4.79 Å². The second-order valence-corrected chi connectivity index (χ2v) is 7.91. The SMILES string of the molecule is COc1ccc(/C=C2\SC(=Nc3cc(C)cc(C)c3)NC2=O)cc1I. The molecule has 1 heterocycles. The van der Waals surface area contributed by atoms with Crippen molar-refractivity contribution in [3.63, 3.8) is 0 Å². The Labute approximate surface area is 164 Å². The van der Waals surface area contributed by atoms with E-state index in [1.807, 2.05) is 50.3 Å². The lowest BCUT2D eigenvalue weighted by Crippen LogP contribution is -2.19. The summed E-state index contributed by atoms with van der Waals surface area (Å²) in [5, 5.41) is 3.43. The summed E-state index contributed by atoms with van der Waals surface area (Å²) in [5.74, 6) is 0.697. The number of aliphatic imine (C=N–C) groups is 1. The molecular formula is C19H17IN2O2S. The Morgan fingerprint density at radius 3 is 2.52 bits per heavy atom. The van der Waals surface area contributed by atoms with Gasteiger partial charge < -0.3 is 10.1 Å². The summed E-state index contributed by atoms with van der Waals surface area (Å²) >= 11 is 3.57. The van der Waals surface area contributed by atoms with Crippen LogP contribution >= 0.6 is 34.4 Å². The molecule has 25 heavy (non-hydrogen) atoms. The Bertz CT molecular complexity index is 886.